The largest absolute Gasteiger partial charge is 0.497 e. The second-order valence-electron chi connectivity index (χ2n) is 14.5. The van der Waals surface area contributed by atoms with Crippen LogP contribution >= 0.6 is 0 Å². The highest BCUT2D eigenvalue weighted by Gasteiger charge is 2.35. The van der Waals surface area contributed by atoms with Crippen molar-refractivity contribution in [2.45, 2.75) is 71.1 Å². The Morgan fingerprint density at radius 3 is 2.58 bits per heavy atom. The highest BCUT2D eigenvalue weighted by molar-refractivity contribution is 6.09. The van der Waals surface area contributed by atoms with Gasteiger partial charge in [0.15, 0.2) is 0 Å². The van der Waals surface area contributed by atoms with E-state index in [9.17, 15) is 14.7 Å². The fourth-order valence-corrected chi connectivity index (χ4v) is 7.22. The van der Waals surface area contributed by atoms with E-state index < -0.39 is 5.97 Å². The van der Waals surface area contributed by atoms with Crippen LogP contribution in [0.15, 0.2) is 70.2 Å². The predicted octanol–water partition coefficient (Wildman–Crippen LogP) is 8.87. The minimum atomic E-state index is -0.764. The molecule has 11 nitrogen and oxygen atoms in total. The summed E-state index contributed by atoms with van der Waals surface area (Å²) >= 11 is 0. The number of carboxylic acids is 1. The molecule has 6 rings (SSSR count). The Bertz CT molecular complexity index is 1900. The number of methoxy groups -OCH3 is 1. The number of aliphatic carboxylic acids is 1. The molecule has 1 atom stereocenters. The average molecular weight is 679 g/mol. The van der Waals surface area contributed by atoms with Crippen LogP contribution in [0.5, 0.6) is 5.75 Å². The monoisotopic (exact) mass is 678 g/mol. The lowest BCUT2D eigenvalue weighted by atomic mass is 9.88. The van der Waals surface area contributed by atoms with Gasteiger partial charge in [0.2, 0.25) is 0 Å². The molecule has 50 heavy (non-hydrogen) atoms. The molecular formula is C39H46N6O5. The number of piperidine rings is 1. The van der Waals surface area contributed by atoms with E-state index in [1.807, 2.05) is 49.4 Å². The van der Waals surface area contributed by atoms with Crippen LogP contribution in [-0.4, -0.2) is 55.3 Å². The molecule has 0 radical (unpaired) electrons. The van der Waals surface area contributed by atoms with Gasteiger partial charge in [-0.3, -0.25) is 14.5 Å². The van der Waals surface area contributed by atoms with Crippen molar-refractivity contribution in [1.82, 2.24) is 4.98 Å². The summed E-state index contributed by atoms with van der Waals surface area (Å²) in [6.45, 7) is 8.22. The van der Waals surface area contributed by atoms with E-state index in [2.05, 4.69) is 47.0 Å². The van der Waals surface area contributed by atoms with Gasteiger partial charge in [-0.25, -0.2) is 4.98 Å². The summed E-state index contributed by atoms with van der Waals surface area (Å²) in [5.41, 5.74) is 12.5. The van der Waals surface area contributed by atoms with Crippen LogP contribution in [-0.2, 0) is 4.79 Å². The summed E-state index contributed by atoms with van der Waals surface area (Å²) < 4.78 is 12.1. The molecule has 1 aliphatic heterocycles. The van der Waals surface area contributed by atoms with Gasteiger partial charge >= 0.3 is 5.97 Å². The van der Waals surface area contributed by atoms with E-state index in [4.69, 9.17) is 19.7 Å². The third-order valence-corrected chi connectivity index (χ3v) is 10.2. The van der Waals surface area contributed by atoms with Crippen LogP contribution in [0.2, 0.25) is 0 Å². The number of nitrogens with zero attached hydrogens (tertiary/aromatic N) is 6. The molecule has 1 N–H and O–H groups in total. The number of amides is 1. The van der Waals surface area contributed by atoms with Gasteiger partial charge < -0.3 is 19.2 Å². The van der Waals surface area contributed by atoms with Crippen molar-refractivity contribution in [2.24, 2.45) is 16.4 Å². The van der Waals surface area contributed by atoms with Crippen molar-refractivity contribution < 1.29 is 23.8 Å². The molecule has 2 aromatic carbocycles. The van der Waals surface area contributed by atoms with Gasteiger partial charge in [-0.05, 0) is 104 Å². The van der Waals surface area contributed by atoms with Crippen LogP contribution in [0.25, 0.3) is 21.4 Å². The zero-order valence-electron chi connectivity index (χ0n) is 29.3. The normalized spacial score (nSPS) is 15.8. The standard InChI is InChI=1S/C39H46N6O5/c1-25-6-5-7-36(42-25)45(24-39(2,3)16-17-41-43-40)38(48)31-13-12-30(49-4)22-33(31)44-18-14-27(15-19-44)34-21-29-11-10-28(20-35(29)50-34)32(23-37(46)47)26-8-9-26/h5-7,10-13,20-22,26-27,32H,8-9,14-19,23-24H2,1-4H3,(H,46,47). The van der Waals surface area contributed by atoms with Crippen LogP contribution < -0.4 is 14.5 Å². The second kappa shape index (κ2) is 14.8. The van der Waals surface area contributed by atoms with E-state index in [1.54, 1.807) is 12.0 Å². The molecule has 2 fully saturated rings. The number of rotatable bonds is 14. The molecule has 0 bridgehead atoms. The van der Waals surface area contributed by atoms with E-state index in [0.717, 1.165) is 72.4 Å². The second-order valence-corrected chi connectivity index (χ2v) is 14.5. The molecule has 3 heterocycles. The molecule has 1 amide bonds. The van der Waals surface area contributed by atoms with Crippen molar-refractivity contribution in [1.29, 1.82) is 0 Å². The van der Waals surface area contributed by atoms with Gasteiger partial charge in [-0.2, -0.15) is 0 Å². The summed E-state index contributed by atoms with van der Waals surface area (Å²) in [6, 6.07) is 19.6. The number of furan rings is 1. The third-order valence-electron chi connectivity index (χ3n) is 10.2. The van der Waals surface area contributed by atoms with E-state index in [0.29, 0.717) is 42.6 Å². The fourth-order valence-electron chi connectivity index (χ4n) is 7.22. The number of carbonyl (C=O) groups excluding carboxylic acids is 1. The lowest BCUT2D eigenvalue weighted by Gasteiger charge is -2.36. The molecule has 262 valence electrons. The number of pyridine rings is 1. The Kier molecular flexibility index (Phi) is 10.3. The highest BCUT2D eigenvalue weighted by atomic mass is 16.5. The lowest BCUT2D eigenvalue weighted by molar-refractivity contribution is -0.137. The van der Waals surface area contributed by atoms with Crippen LogP contribution in [0.3, 0.4) is 0 Å². The first-order valence-electron chi connectivity index (χ1n) is 17.5. The Morgan fingerprint density at radius 2 is 1.90 bits per heavy atom. The maximum absolute atomic E-state index is 14.6. The first-order chi connectivity index (χ1) is 24.0. The molecule has 1 unspecified atom stereocenters. The highest BCUT2D eigenvalue weighted by Crippen LogP contribution is 2.45. The number of anilines is 2. The van der Waals surface area contributed by atoms with Gasteiger partial charge in [-0.1, -0.05) is 37.2 Å². The summed E-state index contributed by atoms with van der Waals surface area (Å²) in [7, 11) is 1.63. The van der Waals surface area contributed by atoms with Gasteiger partial charge in [0.25, 0.3) is 5.91 Å². The quantitative estimate of drug-likeness (QED) is 0.0796. The Morgan fingerprint density at radius 1 is 1.12 bits per heavy atom. The molecule has 11 heteroatoms. The zero-order chi connectivity index (χ0) is 35.4. The van der Waals surface area contributed by atoms with Gasteiger partial charge in [0.05, 0.1) is 24.8 Å². The smallest absolute Gasteiger partial charge is 0.303 e. The van der Waals surface area contributed by atoms with E-state index in [1.165, 1.54) is 0 Å². The number of fused-ring (bicyclic) bond motifs is 1. The molecule has 1 saturated heterocycles. The number of benzene rings is 2. The molecule has 4 aromatic rings. The molecule has 1 aliphatic carbocycles. The topological polar surface area (TPSA) is 145 Å². The number of aromatic nitrogens is 1. The zero-order valence-corrected chi connectivity index (χ0v) is 29.3. The van der Waals surface area contributed by atoms with Crippen LogP contribution in [0.1, 0.15) is 91.6 Å². The summed E-state index contributed by atoms with van der Waals surface area (Å²) in [4.78, 5) is 37.8. The van der Waals surface area contributed by atoms with E-state index >= 15 is 0 Å². The molecule has 0 spiro atoms. The van der Waals surface area contributed by atoms with Crippen LogP contribution in [0.4, 0.5) is 11.5 Å². The number of carboxylic acid groups (broad SMARTS) is 1. The SMILES string of the molecule is COc1ccc(C(=O)N(CC(C)(C)CCN=[N+]=[N-])c2cccc(C)n2)c(N2CCC(c3cc4ccc(C(CC(=O)O)C5CC5)cc4o3)CC2)c1. The molecule has 2 aliphatic rings. The van der Waals surface area contributed by atoms with Crippen molar-refractivity contribution >= 4 is 34.4 Å². The molecule has 1 saturated carbocycles. The van der Waals surface area contributed by atoms with Crippen LogP contribution in [0, 0.1) is 18.3 Å². The predicted molar refractivity (Wildman–Crippen MR) is 194 cm³/mol. The molecular weight excluding hydrogens is 632 g/mol. The lowest BCUT2D eigenvalue weighted by Crippen LogP contribution is -2.41. The minimum Gasteiger partial charge on any atom is -0.497 e. The Balaban J connectivity index is 1.23. The maximum atomic E-state index is 14.6. The molecule has 2 aromatic heterocycles. The number of carbonyl (C=O) groups is 2. The summed E-state index contributed by atoms with van der Waals surface area (Å²) in [5, 5.41) is 14.3. The van der Waals surface area contributed by atoms with Gasteiger partial charge in [0, 0.05) is 54.2 Å². The van der Waals surface area contributed by atoms with Crippen molar-refractivity contribution in [3.8, 4) is 5.75 Å². The maximum Gasteiger partial charge on any atom is 0.303 e. The van der Waals surface area contributed by atoms with Crippen molar-refractivity contribution in [3.63, 3.8) is 0 Å². The number of hydrogen-bond donors (Lipinski definition) is 1. The van der Waals surface area contributed by atoms with Crippen molar-refractivity contribution in [3.05, 3.63) is 93.7 Å². The fraction of sp³-hybridized carbons (Fsp3) is 0.462. The first kappa shape index (κ1) is 34.8. The number of hydrogen-bond acceptors (Lipinski definition) is 7. The first-order valence-corrected chi connectivity index (χ1v) is 17.5. The number of azide groups is 1. The number of ether oxygens (including phenoxy) is 1. The Hall–Kier alpha value is -5.02. The van der Waals surface area contributed by atoms with E-state index in [-0.39, 0.29) is 29.6 Å². The summed E-state index contributed by atoms with van der Waals surface area (Å²) in [5.74, 6) is 1.96. The third kappa shape index (κ3) is 8.05. The van der Waals surface area contributed by atoms with Gasteiger partial charge in [-0.15, -0.1) is 0 Å². The van der Waals surface area contributed by atoms with Crippen molar-refractivity contribution in [2.75, 3.05) is 43.1 Å². The average Bonchev–Trinajstić information content (AvgIpc) is 3.86. The summed E-state index contributed by atoms with van der Waals surface area (Å²) in [6.07, 6.45) is 4.60. The van der Waals surface area contributed by atoms with Gasteiger partial charge in [0.1, 0.15) is 22.9 Å². The minimum absolute atomic E-state index is 0.0230. The number of aryl methyl sites for hydroxylation is 1. The Labute approximate surface area is 292 Å².